The zero-order valence-electron chi connectivity index (χ0n) is 23.3. The number of fused-ring (bicyclic) bond motifs is 1. The molecule has 0 spiro atoms. The highest BCUT2D eigenvalue weighted by Gasteiger charge is 2.39. The van der Waals surface area contributed by atoms with Crippen LogP contribution in [0.1, 0.15) is 24.6 Å². The van der Waals surface area contributed by atoms with Crippen molar-refractivity contribution in [2.24, 2.45) is 5.92 Å². The number of carbonyl (C=O) groups is 4. The van der Waals surface area contributed by atoms with E-state index in [1.807, 2.05) is 30.3 Å². The first-order valence-electron chi connectivity index (χ1n) is 12.9. The van der Waals surface area contributed by atoms with Crippen molar-refractivity contribution in [3.8, 4) is 0 Å². The number of carboxylic acids is 2. The molecule has 1 aliphatic rings. The molecule has 2 aromatic heterocycles. The van der Waals surface area contributed by atoms with Crippen LogP contribution in [0.4, 0.5) is 26.3 Å². The molecule has 1 aromatic carbocycles. The van der Waals surface area contributed by atoms with Crippen LogP contribution in [0.3, 0.4) is 0 Å². The second kappa shape index (κ2) is 16.1. The summed E-state index contributed by atoms with van der Waals surface area (Å²) in [4.78, 5) is 50.2. The number of carbonyl (C=O) groups excluding carboxylic acids is 2. The quantitative estimate of drug-likeness (QED) is 0.206. The SMILES string of the molecule is CC(NC(=O)[C@H]1C[C@H](Cc2cccc(Cl)c2)CN1)C(=O)NCc1cc2cnccc2[nH]1.O=C(O)C(F)(F)F.O=C(O)C(F)(F)F. The summed E-state index contributed by atoms with van der Waals surface area (Å²) < 4.78 is 63.5. The molecule has 0 bridgehead atoms. The minimum Gasteiger partial charge on any atom is -0.475 e. The Kier molecular flexibility index (Phi) is 13.2. The van der Waals surface area contributed by atoms with Crippen molar-refractivity contribution in [1.29, 1.82) is 0 Å². The van der Waals surface area contributed by atoms with Crippen molar-refractivity contribution in [3.05, 3.63) is 65.1 Å². The third-order valence-electron chi connectivity index (χ3n) is 6.12. The number of pyridine rings is 1. The largest absolute Gasteiger partial charge is 0.490 e. The Morgan fingerprint density at radius 2 is 1.67 bits per heavy atom. The topological polar surface area (TPSA) is 174 Å². The number of benzene rings is 1. The van der Waals surface area contributed by atoms with Gasteiger partial charge in [0.1, 0.15) is 6.04 Å². The average Bonchev–Trinajstić information content (AvgIpc) is 3.58. The number of hydrogen-bond donors (Lipinski definition) is 6. The lowest BCUT2D eigenvalue weighted by Crippen LogP contribution is -2.49. The number of rotatable bonds is 7. The number of hydrogen-bond acceptors (Lipinski definition) is 6. The summed E-state index contributed by atoms with van der Waals surface area (Å²) in [5, 5.41) is 24.9. The van der Waals surface area contributed by atoms with E-state index in [1.54, 1.807) is 19.3 Å². The second-order valence-corrected chi connectivity index (χ2v) is 10.1. The summed E-state index contributed by atoms with van der Waals surface area (Å²) in [6, 6.07) is 10.7. The Morgan fingerprint density at radius 1 is 1.04 bits per heavy atom. The molecule has 0 saturated carbocycles. The summed E-state index contributed by atoms with van der Waals surface area (Å²) in [6.07, 6.45) is -5.08. The van der Waals surface area contributed by atoms with Gasteiger partial charge in [0.15, 0.2) is 0 Å². The van der Waals surface area contributed by atoms with Crippen molar-refractivity contribution in [3.63, 3.8) is 0 Å². The fourth-order valence-corrected chi connectivity index (χ4v) is 4.22. The Morgan fingerprint density at radius 3 is 2.22 bits per heavy atom. The maximum atomic E-state index is 12.6. The van der Waals surface area contributed by atoms with Gasteiger partial charge in [0.25, 0.3) is 0 Å². The van der Waals surface area contributed by atoms with E-state index in [0.29, 0.717) is 12.5 Å². The first-order chi connectivity index (χ1) is 20.9. The molecule has 0 aliphatic carbocycles. The monoisotopic (exact) mass is 667 g/mol. The number of nitrogens with zero attached hydrogens (tertiary/aromatic N) is 1. The number of aromatic nitrogens is 2. The van der Waals surface area contributed by atoms with Crippen LogP contribution >= 0.6 is 11.6 Å². The zero-order valence-corrected chi connectivity index (χ0v) is 24.1. The number of alkyl halides is 6. The Bertz CT molecular complexity index is 1430. The number of carboxylic acid groups (broad SMARTS) is 2. The zero-order chi connectivity index (χ0) is 33.9. The van der Waals surface area contributed by atoms with Gasteiger partial charge in [-0.3, -0.25) is 14.6 Å². The van der Waals surface area contributed by atoms with Crippen LogP contribution < -0.4 is 16.0 Å². The Balaban J connectivity index is 0.000000421. The molecule has 45 heavy (non-hydrogen) atoms. The van der Waals surface area contributed by atoms with Crippen LogP contribution in [0, 0.1) is 5.92 Å². The molecule has 2 amide bonds. The Labute approximate surface area is 256 Å². The lowest BCUT2D eigenvalue weighted by atomic mass is 9.96. The minimum absolute atomic E-state index is 0.145. The van der Waals surface area contributed by atoms with Crippen molar-refractivity contribution in [2.45, 2.75) is 50.7 Å². The first kappa shape index (κ1) is 36.8. The van der Waals surface area contributed by atoms with E-state index in [0.717, 1.165) is 41.0 Å². The van der Waals surface area contributed by atoms with Gasteiger partial charge in [-0.1, -0.05) is 23.7 Å². The van der Waals surface area contributed by atoms with E-state index in [1.165, 1.54) is 5.56 Å². The molecule has 1 unspecified atom stereocenters. The average molecular weight is 668 g/mol. The van der Waals surface area contributed by atoms with Gasteiger partial charge in [-0.2, -0.15) is 26.3 Å². The molecule has 1 fully saturated rings. The predicted molar refractivity (Wildman–Crippen MR) is 148 cm³/mol. The van der Waals surface area contributed by atoms with E-state index in [2.05, 4.69) is 32.0 Å². The summed E-state index contributed by atoms with van der Waals surface area (Å²) >= 11 is 6.06. The van der Waals surface area contributed by atoms with Crippen molar-refractivity contribution in [2.75, 3.05) is 6.54 Å². The molecule has 4 rings (SSSR count). The lowest BCUT2D eigenvalue weighted by molar-refractivity contribution is -0.193. The number of halogens is 7. The summed E-state index contributed by atoms with van der Waals surface area (Å²) in [6.45, 7) is 2.82. The van der Waals surface area contributed by atoms with Crippen molar-refractivity contribution in [1.82, 2.24) is 25.9 Å². The maximum absolute atomic E-state index is 12.6. The number of nitrogens with one attached hydrogen (secondary N) is 4. The van der Waals surface area contributed by atoms with Crippen LogP contribution in [0.2, 0.25) is 5.02 Å². The smallest absolute Gasteiger partial charge is 0.475 e. The van der Waals surface area contributed by atoms with E-state index in [9.17, 15) is 35.9 Å². The fourth-order valence-electron chi connectivity index (χ4n) is 4.00. The van der Waals surface area contributed by atoms with Gasteiger partial charge in [-0.15, -0.1) is 0 Å². The predicted octanol–water partition coefficient (Wildman–Crippen LogP) is 3.82. The van der Waals surface area contributed by atoms with Crippen molar-refractivity contribution < 1.29 is 55.7 Å². The maximum Gasteiger partial charge on any atom is 0.490 e. The minimum atomic E-state index is -5.08. The second-order valence-electron chi connectivity index (χ2n) is 9.71. The molecular weight excluding hydrogens is 640 g/mol. The number of H-pyrrole nitrogens is 1. The molecule has 3 heterocycles. The first-order valence-corrected chi connectivity index (χ1v) is 13.3. The highest BCUT2D eigenvalue weighted by Crippen LogP contribution is 2.21. The number of aromatic amines is 1. The van der Waals surface area contributed by atoms with E-state index in [-0.39, 0.29) is 17.9 Å². The van der Waals surface area contributed by atoms with E-state index >= 15 is 0 Å². The van der Waals surface area contributed by atoms with Gasteiger partial charge in [-0.25, -0.2) is 9.59 Å². The molecule has 18 heteroatoms. The normalized spacial score (nSPS) is 16.8. The lowest BCUT2D eigenvalue weighted by Gasteiger charge is -2.17. The highest BCUT2D eigenvalue weighted by atomic mass is 35.5. The van der Waals surface area contributed by atoms with Gasteiger partial charge >= 0.3 is 24.3 Å². The van der Waals surface area contributed by atoms with Crippen LogP contribution in [0.25, 0.3) is 10.9 Å². The fraction of sp³-hybridized carbons (Fsp3) is 0.370. The van der Waals surface area contributed by atoms with Gasteiger partial charge in [0, 0.05) is 34.0 Å². The highest BCUT2D eigenvalue weighted by molar-refractivity contribution is 6.30. The van der Waals surface area contributed by atoms with Crippen molar-refractivity contribution >= 4 is 46.3 Å². The van der Waals surface area contributed by atoms with E-state index in [4.69, 9.17) is 31.4 Å². The van der Waals surface area contributed by atoms with Crippen LogP contribution in [-0.2, 0) is 32.1 Å². The third-order valence-corrected chi connectivity index (χ3v) is 6.35. The van der Waals surface area contributed by atoms with E-state index < -0.39 is 30.3 Å². The van der Waals surface area contributed by atoms with Crippen LogP contribution in [0.15, 0.2) is 48.8 Å². The molecule has 6 N–H and O–H groups in total. The molecule has 246 valence electrons. The van der Waals surface area contributed by atoms with Gasteiger partial charge in [0.05, 0.1) is 12.6 Å². The summed E-state index contributed by atoms with van der Waals surface area (Å²) in [5.74, 6) is -5.53. The summed E-state index contributed by atoms with van der Waals surface area (Å²) in [5.41, 5.74) is 3.03. The molecule has 3 atom stereocenters. The van der Waals surface area contributed by atoms with Gasteiger partial charge < -0.3 is 31.1 Å². The van der Waals surface area contributed by atoms with Gasteiger partial charge in [-0.05, 0) is 62.1 Å². The third kappa shape index (κ3) is 12.6. The molecule has 3 aromatic rings. The standard InChI is InChI=1S/C23H26ClN5O2.2C2HF3O2/c1-14(22(30)27-13-19-10-17-12-25-6-5-20(17)29-19)28-23(31)21-9-16(11-26-21)7-15-3-2-4-18(24)8-15;2*3-2(4,5)1(6)7/h2-6,8,10,12,14,16,21,26,29H,7,9,11,13H2,1H3,(H,27,30)(H,28,31);2*(H,6,7)/t14?,16-,21+;;/m0../s1. The number of aliphatic carboxylic acids is 2. The Hall–Kier alpha value is -4.38. The van der Waals surface area contributed by atoms with Crippen LogP contribution in [-0.4, -0.2) is 74.9 Å². The molecule has 0 radical (unpaired) electrons. The molecular formula is C27H28ClF6N5O6. The van der Waals surface area contributed by atoms with Crippen LogP contribution in [0.5, 0.6) is 0 Å². The van der Waals surface area contributed by atoms with Gasteiger partial charge in [0.2, 0.25) is 11.8 Å². The number of amides is 2. The summed E-state index contributed by atoms with van der Waals surface area (Å²) in [7, 11) is 0. The molecule has 11 nitrogen and oxygen atoms in total. The molecule has 1 saturated heterocycles. The molecule has 1 aliphatic heterocycles.